The van der Waals surface area contributed by atoms with E-state index in [1.54, 1.807) is 0 Å². The number of rotatable bonds is 3. The summed E-state index contributed by atoms with van der Waals surface area (Å²) < 4.78 is 22.6. The molecule has 2 rings (SSSR count). The van der Waals surface area contributed by atoms with Crippen LogP contribution in [0.5, 0.6) is 0 Å². The Morgan fingerprint density at radius 1 is 1.50 bits per heavy atom. The molecule has 110 valence electrons. The number of nitrogens with zero attached hydrogens (tertiary/aromatic N) is 2. The summed E-state index contributed by atoms with van der Waals surface area (Å²) in [6.07, 6.45) is 0. The molecule has 0 aliphatic carbocycles. The lowest BCUT2D eigenvalue weighted by molar-refractivity contribution is -0.384. The van der Waals surface area contributed by atoms with Crippen LogP contribution < -0.4 is 15.4 Å². The molecule has 1 saturated heterocycles. The van der Waals surface area contributed by atoms with Crippen LogP contribution in [0, 0.1) is 10.1 Å². The molecular weight excluding hydrogens is 284 g/mol. The van der Waals surface area contributed by atoms with Gasteiger partial charge in [0.15, 0.2) is 0 Å². The Morgan fingerprint density at radius 3 is 2.75 bits per heavy atom. The molecule has 1 aromatic rings. The molecule has 0 saturated carbocycles. The highest BCUT2D eigenvalue weighted by atomic mass is 32.2. The lowest BCUT2D eigenvalue weighted by Crippen LogP contribution is -2.50. The summed E-state index contributed by atoms with van der Waals surface area (Å²) in [6.45, 7) is 4.01. The van der Waals surface area contributed by atoms with Gasteiger partial charge in [-0.3, -0.25) is 10.1 Å². The zero-order chi connectivity index (χ0) is 14.9. The van der Waals surface area contributed by atoms with Gasteiger partial charge in [-0.2, -0.15) is 0 Å². The van der Waals surface area contributed by atoms with Crippen LogP contribution >= 0.6 is 0 Å². The van der Waals surface area contributed by atoms with E-state index < -0.39 is 14.9 Å². The molecule has 0 bridgehead atoms. The highest BCUT2D eigenvalue weighted by Gasteiger charge is 2.27. The highest BCUT2D eigenvalue weighted by Crippen LogP contribution is 2.32. The summed E-state index contributed by atoms with van der Waals surface area (Å²) in [7, 11) is -3.96. The topological polar surface area (TPSA) is 119 Å². The van der Waals surface area contributed by atoms with Gasteiger partial charge in [0.2, 0.25) is 10.0 Å². The number of nitrogens with one attached hydrogen (secondary N) is 1. The van der Waals surface area contributed by atoms with E-state index in [0.29, 0.717) is 18.8 Å². The number of anilines is 1. The molecule has 1 aromatic carbocycles. The third-order valence-electron chi connectivity index (χ3n) is 3.28. The first-order valence-electron chi connectivity index (χ1n) is 6.09. The van der Waals surface area contributed by atoms with Gasteiger partial charge in [0, 0.05) is 31.7 Å². The van der Waals surface area contributed by atoms with Crippen LogP contribution in [0.3, 0.4) is 0 Å². The first-order chi connectivity index (χ1) is 9.30. The predicted molar refractivity (Wildman–Crippen MR) is 74.1 cm³/mol. The smallest absolute Gasteiger partial charge is 0.293 e. The SMILES string of the molecule is CC1CNCCN1c1ccc(S(N)(=O)=O)cc1[N+](=O)[O-]. The van der Waals surface area contributed by atoms with E-state index in [1.807, 2.05) is 11.8 Å². The Labute approximate surface area is 116 Å². The van der Waals surface area contributed by atoms with Gasteiger partial charge in [-0.05, 0) is 19.1 Å². The summed E-state index contributed by atoms with van der Waals surface area (Å²) in [4.78, 5) is 12.2. The van der Waals surface area contributed by atoms with Crippen molar-refractivity contribution in [1.29, 1.82) is 0 Å². The quantitative estimate of drug-likeness (QED) is 0.601. The molecule has 1 fully saturated rings. The van der Waals surface area contributed by atoms with Crippen LogP contribution in [0.4, 0.5) is 11.4 Å². The Kier molecular flexibility index (Phi) is 3.93. The maximum absolute atomic E-state index is 11.3. The Bertz CT molecular complexity index is 631. The Hall–Kier alpha value is -1.71. The van der Waals surface area contributed by atoms with Gasteiger partial charge in [-0.25, -0.2) is 13.6 Å². The molecule has 1 unspecified atom stereocenters. The lowest BCUT2D eigenvalue weighted by Gasteiger charge is -2.35. The summed E-state index contributed by atoms with van der Waals surface area (Å²) >= 11 is 0. The van der Waals surface area contributed by atoms with Crippen molar-refractivity contribution in [3.63, 3.8) is 0 Å². The Morgan fingerprint density at radius 2 is 2.20 bits per heavy atom. The number of piperazine rings is 1. The molecule has 0 aromatic heterocycles. The molecule has 9 heteroatoms. The average Bonchev–Trinajstić information content (AvgIpc) is 2.37. The molecule has 20 heavy (non-hydrogen) atoms. The highest BCUT2D eigenvalue weighted by molar-refractivity contribution is 7.89. The van der Waals surface area contributed by atoms with Gasteiger partial charge in [0.25, 0.3) is 5.69 Å². The van der Waals surface area contributed by atoms with Crippen molar-refractivity contribution in [1.82, 2.24) is 5.32 Å². The van der Waals surface area contributed by atoms with Crippen LogP contribution in [-0.4, -0.2) is 39.0 Å². The second-order valence-corrected chi connectivity index (χ2v) is 6.26. The number of nitro benzene ring substituents is 1. The maximum Gasteiger partial charge on any atom is 0.293 e. The van der Waals surface area contributed by atoms with Gasteiger partial charge >= 0.3 is 0 Å². The van der Waals surface area contributed by atoms with Crippen molar-refractivity contribution < 1.29 is 13.3 Å². The number of hydrogen-bond acceptors (Lipinski definition) is 6. The molecule has 1 atom stereocenters. The van der Waals surface area contributed by atoms with Gasteiger partial charge < -0.3 is 10.2 Å². The molecule has 0 spiro atoms. The normalized spacial score (nSPS) is 19.9. The van der Waals surface area contributed by atoms with Gasteiger partial charge in [-0.1, -0.05) is 0 Å². The summed E-state index contributed by atoms with van der Waals surface area (Å²) in [5, 5.41) is 19.4. The number of sulfonamides is 1. The summed E-state index contributed by atoms with van der Waals surface area (Å²) in [6, 6.07) is 3.84. The number of primary sulfonamides is 1. The first kappa shape index (κ1) is 14.7. The minimum Gasteiger partial charge on any atom is -0.361 e. The van der Waals surface area contributed by atoms with Crippen LogP contribution in [0.15, 0.2) is 23.1 Å². The minimum absolute atomic E-state index is 0.0859. The van der Waals surface area contributed by atoms with Crippen molar-refractivity contribution in [2.75, 3.05) is 24.5 Å². The van der Waals surface area contributed by atoms with Crippen molar-refractivity contribution >= 4 is 21.4 Å². The predicted octanol–water partition coefficient (Wildman–Crippen LogP) is 0.0403. The third kappa shape index (κ3) is 2.89. The fraction of sp³-hybridized carbons (Fsp3) is 0.455. The zero-order valence-corrected chi connectivity index (χ0v) is 11.8. The molecule has 3 N–H and O–H groups in total. The molecule has 8 nitrogen and oxygen atoms in total. The molecular formula is C11H16N4O4S. The molecule has 1 aliphatic heterocycles. The number of hydrogen-bond donors (Lipinski definition) is 2. The monoisotopic (exact) mass is 300 g/mol. The average molecular weight is 300 g/mol. The second kappa shape index (κ2) is 5.35. The van der Waals surface area contributed by atoms with Crippen molar-refractivity contribution in [3.8, 4) is 0 Å². The summed E-state index contributed by atoms with van der Waals surface area (Å²) in [5.74, 6) is 0. The van der Waals surface area contributed by atoms with Crippen molar-refractivity contribution in [3.05, 3.63) is 28.3 Å². The van der Waals surface area contributed by atoms with E-state index in [0.717, 1.165) is 12.6 Å². The largest absolute Gasteiger partial charge is 0.361 e. The van der Waals surface area contributed by atoms with Crippen LogP contribution in [0.25, 0.3) is 0 Å². The number of benzene rings is 1. The van der Waals surface area contributed by atoms with Crippen LogP contribution in [-0.2, 0) is 10.0 Å². The fourth-order valence-corrected chi connectivity index (χ4v) is 2.80. The standard InChI is InChI=1S/C11H16N4O4S/c1-8-7-13-4-5-14(8)10-3-2-9(20(12,18)19)6-11(10)15(16)17/h2-3,6,8,13H,4-5,7H2,1H3,(H2,12,18,19). The maximum atomic E-state index is 11.3. The van der Waals surface area contributed by atoms with E-state index in [2.05, 4.69) is 5.32 Å². The van der Waals surface area contributed by atoms with Crippen LogP contribution in [0.2, 0.25) is 0 Å². The van der Waals surface area contributed by atoms with E-state index in [9.17, 15) is 18.5 Å². The number of nitro groups is 1. The van der Waals surface area contributed by atoms with E-state index >= 15 is 0 Å². The van der Waals surface area contributed by atoms with Crippen LogP contribution in [0.1, 0.15) is 6.92 Å². The first-order valence-corrected chi connectivity index (χ1v) is 7.64. The molecule has 0 amide bonds. The van der Waals surface area contributed by atoms with Gasteiger partial charge in [0.1, 0.15) is 5.69 Å². The number of nitrogens with two attached hydrogens (primary N) is 1. The minimum atomic E-state index is -3.96. The molecule has 1 heterocycles. The molecule has 1 aliphatic rings. The van der Waals surface area contributed by atoms with Gasteiger partial charge in [0.05, 0.1) is 9.82 Å². The Balaban J connectivity index is 2.50. The van der Waals surface area contributed by atoms with Crippen molar-refractivity contribution in [2.45, 2.75) is 17.9 Å². The third-order valence-corrected chi connectivity index (χ3v) is 4.19. The fourth-order valence-electron chi connectivity index (χ4n) is 2.27. The zero-order valence-electron chi connectivity index (χ0n) is 10.9. The van der Waals surface area contributed by atoms with Gasteiger partial charge in [-0.15, -0.1) is 0 Å². The van der Waals surface area contributed by atoms with Crippen molar-refractivity contribution in [2.24, 2.45) is 5.14 Å². The molecule has 0 radical (unpaired) electrons. The van der Waals surface area contributed by atoms with E-state index in [4.69, 9.17) is 5.14 Å². The van der Waals surface area contributed by atoms with E-state index in [-0.39, 0.29) is 16.6 Å². The van der Waals surface area contributed by atoms with E-state index in [1.165, 1.54) is 12.1 Å². The lowest BCUT2D eigenvalue weighted by atomic mass is 10.1. The second-order valence-electron chi connectivity index (χ2n) is 4.70. The summed E-state index contributed by atoms with van der Waals surface area (Å²) in [5.41, 5.74) is 0.168.